The normalized spacial score (nSPS) is 16.5. The third kappa shape index (κ3) is 5.25. The molecule has 2 N–H and O–H groups in total. The number of carbonyl (C=O) groups excluding carboxylic acids is 4. The van der Waals surface area contributed by atoms with E-state index in [1.807, 2.05) is 0 Å². The van der Waals surface area contributed by atoms with Gasteiger partial charge >= 0.3 is 11.9 Å². The molecule has 3 rings (SSSR count). The number of benzene rings is 1. The molecular formula is C22H24N2O8S. The van der Waals surface area contributed by atoms with Crippen LogP contribution in [0.3, 0.4) is 0 Å². The highest BCUT2D eigenvalue weighted by atomic mass is 32.1. The van der Waals surface area contributed by atoms with Gasteiger partial charge in [-0.3, -0.25) is 9.59 Å². The zero-order valence-corrected chi connectivity index (χ0v) is 19.4. The predicted octanol–water partition coefficient (Wildman–Crippen LogP) is 2.30. The number of rotatable bonds is 7. The summed E-state index contributed by atoms with van der Waals surface area (Å²) in [7, 11) is 1.46. The average Bonchev–Trinajstić information content (AvgIpc) is 3.12. The maximum atomic E-state index is 12.5. The summed E-state index contributed by atoms with van der Waals surface area (Å²) in [5.74, 6) is -1.63. The first-order valence-electron chi connectivity index (χ1n) is 10.2. The van der Waals surface area contributed by atoms with Gasteiger partial charge in [-0.05, 0) is 38.5 Å². The maximum absolute atomic E-state index is 12.5. The number of hydrogen-bond acceptors (Lipinski definition) is 9. The first kappa shape index (κ1) is 24.1. The standard InChI is InChI=1S/C22H24N2O8S/c1-5-29-21(27)16-11(2)18(19(26)23-4)33-20(16)24-15(25)10-30-22(28)17-12(3)31-13-8-6-7-9-14(13)32-17/h6-9,12,17H,5,10H2,1-4H3,(H,23,26)(H,24,25). The van der Waals surface area contributed by atoms with Crippen molar-refractivity contribution in [2.24, 2.45) is 0 Å². The largest absolute Gasteiger partial charge is 0.482 e. The summed E-state index contributed by atoms with van der Waals surface area (Å²) in [4.78, 5) is 49.7. The van der Waals surface area contributed by atoms with E-state index in [4.69, 9.17) is 18.9 Å². The number of amides is 2. The van der Waals surface area contributed by atoms with Crippen LogP contribution in [-0.2, 0) is 19.1 Å². The van der Waals surface area contributed by atoms with Gasteiger partial charge < -0.3 is 29.6 Å². The Kier molecular flexibility index (Phi) is 7.54. The number of anilines is 1. The molecule has 0 fully saturated rings. The van der Waals surface area contributed by atoms with E-state index in [1.54, 1.807) is 45.0 Å². The molecule has 0 spiro atoms. The van der Waals surface area contributed by atoms with Gasteiger partial charge in [0.05, 0.1) is 17.0 Å². The Labute approximate surface area is 194 Å². The quantitative estimate of drug-likeness (QED) is 0.583. The van der Waals surface area contributed by atoms with Crippen LogP contribution in [0.5, 0.6) is 11.5 Å². The lowest BCUT2D eigenvalue weighted by atomic mass is 10.1. The summed E-state index contributed by atoms with van der Waals surface area (Å²) in [5, 5.41) is 5.14. The van der Waals surface area contributed by atoms with Crippen LogP contribution in [0, 0.1) is 6.92 Å². The summed E-state index contributed by atoms with van der Waals surface area (Å²) in [6.07, 6.45) is -1.67. The molecule has 2 unspecified atom stereocenters. The number of hydrogen-bond donors (Lipinski definition) is 2. The zero-order valence-electron chi connectivity index (χ0n) is 18.6. The van der Waals surface area contributed by atoms with Gasteiger partial charge in [0.25, 0.3) is 11.8 Å². The van der Waals surface area contributed by atoms with Crippen LogP contribution in [0.4, 0.5) is 5.00 Å². The molecule has 0 radical (unpaired) electrons. The van der Waals surface area contributed by atoms with Crippen molar-refractivity contribution in [2.45, 2.75) is 33.0 Å². The van der Waals surface area contributed by atoms with Gasteiger partial charge in [-0.1, -0.05) is 12.1 Å². The molecule has 11 heteroatoms. The van der Waals surface area contributed by atoms with Crippen molar-refractivity contribution in [2.75, 3.05) is 25.6 Å². The van der Waals surface area contributed by atoms with Crippen molar-refractivity contribution in [1.82, 2.24) is 5.32 Å². The molecule has 10 nitrogen and oxygen atoms in total. The fraction of sp³-hybridized carbons (Fsp3) is 0.364. The number of esters is 2. The molecule has 1 aliphatic rings. The van der Waals surface area contributed by atoms with Gasteiger partial charge in [0.15, 0.2) is 18.1 Å². The molecule has 33 heavy (non-hydrogen) atoms. The minimum absolute atomic E-state index is 0.0781. The third-order valence-corrected chi connectivity index (χ3v) is 5.94. The second-order valence-electron chi connectivity index (χ2n) is 7.02. The molecule has 2 aromatic rings. The molecular weight excluding hydrogens is 452 g/mol. The highest BCUT2D eigenvalue weighted by Crippen LogP contribution is 2.35. The van der Waals surface area contributed by atoms with Gasteiger partial charge in [0, 0.05) is 7.05 Å². The third-order valence-electron chi connectivity index (χ3n) is 4.73. The fourth-order valence-electron chi connectivity index (χ4n) is 3.14. The Morgan fingerprint density at radius 1 is 1.09 bits per heavy atom. The maximum Gasteiger partial charge on any atom is 0.351 e. The van der Waals surface area contributed by atoms with Crippen molar-refractivity contribution in [3.63, 3.8) is 0 Å². The molecule has 1 aromatic heterocycles. The first-order chi connectivity index (χ1) is 15.8. The minimum atomic E-state index is -1.05. The Morgan fingerprint density at radius 2 is 1.76 bits per heavy atom. The number of carbonyl (C=O) groups is 4. The fourth-order valence-corrected chi connectivity index (χ4v) is 4.30. The van der Waals surface area contributed by atoms with E-state index in [0.717, 1.165) is 11.3 Å². The lowest BCUT2D eigenvalue weighted by Crippen LogP contribution is -2.45. The first-order valence-corrected chi connectivity index (χ1v) is 11.0. The molecule has 0 saturated carbocycles. The van der Waals surface area contributed by atoms with Gasteiger partial charge in [0.2, 0.25) is 6.10 Å². The van der Waals surface area contributed by atoms with Gasteiger partial charge in [0.1, 0.15) is 11.1 Å². The number of ether oxygens (including phenoxy) is 4. The van der Waals surface area contributed by atoms with E-state index in [0.29, 0.717) is 17.1 Å². The van der Waals surface area contributed by atoms with E-state index in [1.165, 1.54) is 7.05 Å². The van der Waals surface area contributed by atoms with Crippen molar-refractivity contribution in [3.8, 4) is 11.5 Å². The average molecular weight is 477 g/mol. The molecule has 1 aliphatic heterocycles. The van der Waals surface area contributed by atoms with Crippen LogP contribution in [0.1, 0.15) is 39.4 Å². The molecule has 2 amide bonds. The van der Waals surface area contributed by atoms with E-state index in [9.17, 15) is 19.2 Å². The Bertz CT molecular complexity index is 1080. The topological polar surface area (TPSA) is 129 Å². The van der Waals surface area contributed by atoms with E-state index in [-0.39, 0.29) is 22.0 Å². The summed E-state index contributed by atoms with van der Waals surface area (Å²) >= 11 is 0.926. The SMILES string of the molecule is CCOC(=O)c1c(NC(=O)COC(=O)C2Oc3ccccc3OC2C)sc(C(=O)NC)c1C. The van der Waals surface area contributed by atoms with Crippen LogP contribution in [0.2, 0.25) is 0 Å². The molecule has 0 saturated heterocycles. The number of thiophene rings is 1. The summed E-state index contributed by atoms with van der Waals surface area (Å²) in [6.45, 7) is 4.39. The Morgan fingerprint density at radius 3 is 2.39 bits per heavy atom. The molecule has 0 bridgehead atoms. The van der Waals surface area contributed by atoms with E-state index in [2.05, 4.69) is 10.6 Å². The van der Waals surface area contributed by atoms with Gasteiger partial charge in [-0.2, -0.15) is 0 Å². The summed E-state index contributed by atoms with van der Waals surface area (Å²) in [6, 6.07) is 6.90. The van der Waals surface area contributed by atoms with Crippen molar-refractivity contribution in [1.29, 1.82) is 0 Å². The van der Waals surface area contributed by atoms with Crippen LogP contribution in [0.15, 0.2) is 24.3 Å². The lowest BCUT2D eigenvalue weighted by molar-refractivity contribution is -0.159. The molecule has 2 heterocycles. The Hall–Kier alpha value is -3.60. The Balaban J connectivity index is 1.67. The summed E-state index contributed by atoms with van der Waals surface area (Å²) in [5.41, 5.74) is 0.458. The van der Waals surface area contributed by atoms with Crippen molar-refractivity contribution in [3.05, 3.63) is 40.3 Å². The number of para-hydroxylation sites is 2. The van der Waals surface area contributed by atoms with Crippen LogP contribution in [-0.4, -0.2) is 56.2 Å². The second kappa shape index (κ2) is 10.3. The predicted molar refractivity (Wildman–Crippen MR) is 119 cm³/mol. The van der Waals surface area contributed by atoms with Crippen LogP contribution >= 0.6 is 11.3 Å². The number of fused-ring (bicyclic) bond motifs is 1. The van der Waals surface area contributed by atoms with E-state index >= 15 is 0 Å². The monoisotopic (exact) mass is 476 g/mol. The van der Waals surface area contributed by atoms with Crippen LogP contribution < -0.4 is 20.1 Å². The zero-order chi connectivity index (χ0) is 24.1. The smallest absolute Gasteiger partial charge is 0.351 e. The van der Waals surface area contributed by atoms with Crippen molar-refractivity contribution >= 4 is 40.1 Å². The van der Waals surface area contributed by atoms with Crippen molar-refractivity contribution < 1.29 is 38.1 Å². The highest BCUT2D eigenvalue weighted by Gasteiger charge is 2.36. The molecule has 1 aromatic carbocycles. The summed E-state index contributed by atoms with van der Waals surface area (Å²) < 4.78 is 21.5. The van der Waals surface area contributed by atoms with Gasteiger partial charge in [-0.25, -0.2) is 9.59 Å². The van der Waals surface area contributed by atoms with E-state index < -0.39 is 42.6 Å². The molecule has 2 atom stereocenters. The minimum Gasteiger partial charge on any atom is -0.482 e. The second-order valence-corrected chi connectivity index (χ2v) is 8.04. The molecule has 176 valence electrons. The lowest BCUT2D eigenvalue weighted by Gasteiger charge is -2.30. The molecule has 0 aliphatic carbocycles. The van der Waals surface area contributed by atoms with Gasteiger partial charge in [-0.15, -0.1) is 11.3 Å². The number of nitrogens with one attached hydrogen (secondary N) is 2. The highest BCUT2D eigenvalue weighted by molar-refractivity contribution is 7.18. The van der Waals surface area contributed by atoms with Crippen LogP contribution in [0.25, 0.3) is 0 Å².